The summed E-state index contributed by atoms with van der Waals surface area (Å²) in [6, 6.07) is -0.259. The van der Waals surface area contributed by atoms with E-state index in [9.17, 15) is 9.59 Å². The fourth-order valence-corrected chi connectivity index (χ4v) is 2.67. The van der Waals surface area contributed by atoms with Crippen molar-refractivity contribution < 1.29 is 9.59 Å². The highest BCUT2D eigenvalue weighted by molar-refractivity contribution is 5.88. The third kappa shape index (κ3) is 3.36. The van der Waals surface area contributed by atoms with E-state index in [0.29, 0.717) is 31.8 Å². The Labute approximate surface area is 114 Å². The summed E-state index contributed by atoms with van der Waals surface area (Å²) in [5.74, 6) is 0.585. The van der Waals surface area contributed by atoms with Crippen molar-refractivity contribution in [2.24, 2.45) is 5.92 Å². The van der Waals surface area contributed by atoms with E-state index in [-0.39, 0.29) is 30.3 Å². The van der Waals surface area contributed by atoms with Gasteiger partial charge in [0.1, 0.15) is 6.04 Å². The van der Waals surface area contributed by atoms with Crippen LogP contribution in [0.3, 0.4) is 0 Å². The van der Waals surface area contributed by atoms with E-state index in [2.05, 4.69) is 10.6 Å². The Morgan fingerprint density at radius 3 is 2.83 bits per heavy atom. The first-order valence-corrected chi connectivity index (χ1v) is 6.50. The lowest BCUT2D eigenvalue weighted by Gasteiger charge is -2.35. The maximum atomic E-state index is 12.2. The quantitative estimate of drug-likeness (QED) is 0.771. The number of halogens is 1. The first kappa shape index (κ1) is 15.2. The van der Waals surface area contributed by atoms with E-state index >= 15 is 0 Å². The molecule has 6 heteroatoms. The lowest BCUT2D eigenvalue weighted by atomic mass is 10.0. The average Bonchev–Trinajstić information content (AvgIpc) is 2.81. The molecule has 0 saturated carbocycles. The molecule has 2 N–H and O–H groups in total. The number of hydrogen-bond acceptors (Lipinski definition) is 3. The van der Waals surface area contributed by atoms with Crippen molar-refractivity contribution >= 4 is 24.2 Å². The molecule has 0 aromatic carbocycles. The normalized spacial score (nSPS) is 27.6. The molecule has 0 bridgehead atoms. The molecule has 2 atom stereocenters. The molecule has 104 valence electrons. The van der Waals surface area contributed by atoms with Gasteiger partial charge in [0.25, 0.3) is 0 Å². The van der Waals surface area contributed by atoms with E-state index in [1.807, 2.05) is 6.92 Å². The Hall–Kier alpha value is -0.810. The molecular weight excluding hydrogens is 254 g/mol. The lowest BCUT2D eigenvalue weighted by molar-refractivity contribution is -0.143. The molecule has 2 unspecified atom stereocenters. The van der Waals surface area contributed by atoms with Gasteiger partial charge in [-0.25, -0.2) is 0 Å². The number of nitrogens with zero attached hydrogens (tertiary/aromatic N) is 1. The lowest BCUT2D eigenvalue weighted by Crippen LogP contribution is -2.57. The van der Waals surface area contributed by atoms with Crippen LogP contribution in [0.15, 0.2) is 0 Å². The monoisotopic (exact) mass is 275 g/mol. The van der Waals surface area contributed by atoms with Crippen molar-refractivity contribution in [2.45, 2.75) is 32.2 Å². The molecule has 18 heavy (non-hydrogen) atoms. The Morgan fingerprint density at radius 2 is 2.22 bits per heavy atom. The molecule has 2 saturated heterocycles. The molecule has 0 aliphatic carbocycles. The fraction of sp³-hybridized carbons (Fsp3) is 0.833. The first-order chi connectivity index (χ1) is 8.22. The second-order valence-corrected chi connectivity index (χ2v) is 4.87. The van der Waals surface area contributed by atoms with E-state index in [1.165, 1.54) is 0 Å². The molecule has 2 rings (SSSR count). The molecule has 2 heterocycles. The number of hydrogen-bond donors (Lipinski definition) is 2. The van der Waals surface area contributed by atoms with E-state index in [1.54, 1.807) is 4.90 Å². The first-order valence-electron chi connectivity index (χ1n) is 6.50. The van der Waals surface area contributed by atoms with E-state index in [4.69, 9.17) is 0 Å². The van der Waals surface area contributed by atoms with Gasteiger partial charge in [0.05, 0.1) is 0 Å². The zero-order valence-corrected chi connectivity index (χ0v) is 11.6. The molecule has 2 fully saturated rings. The van der Waals surface area contributed by atoms with Gasteiger partial charge >= 0.3 is 0 Å². The summed E-state index contributed by atoms with van der Waals surface area (Å²) in [7, 11) is 0. The van der Waals surface area contributed by atoms with Crippen molar-refractivity contribution in [2.75, 3.05) is 26.2 Å². The molecule has 5 nitrogen and oxygen atoms in total. The predicted molar refractivity (Wildman–Crippen MR) is 71.6 cm³/mol. The summed E-state index contributed by atoms with van der Waals surface area (Å²) in [4.78, 5) is 25.6. The number of piperazine rings is 1. The molecule has 0 aromatic heterocycles. The molecule has 0 spiro atoms. The second kappa shape index (κ2) is 6.95. The van der Waals surface area contributed by atoms with Gasteiger partial charge < -0.3 is 15.5 Å². The predicted octanol–water partition coefficient (Wildman–Crippen LogP) is 0.145. The van der Waals surface area contributed by atoms with Gasteiger partial charge in [-0.1, -0.05) is 6.92 Å². The third-order valence-electron chi connectivity index (χ3n) is 3.66. The largest absolute Gasteiger partial charge is 0.353 e. The number of amides is 2. The number of nitrogens with one attached hydrogen (secondary N) is 2. The van der Waals surface area contributed by atoms with Gasteiger partial charge in [-0.2, -0.15) is 0 Å². The average molecular weight is 276 g/mol. The van der Waals surface area contributed by atoms with Crippen LogP contribution in [0, 0.1) is 5.92 Å². The van der Waals surface area contributed by atoms with Crippen LogP contribution in [0.1, 0.15) is 26.2 Å². The Balaban J connectivity index is 0.00000162. The molecule has 0 aromatic rings. The topological polar surface area (TPSA) is 61.4 Å². The molecule has 2 aliphatic rings. The van der Waals surface area contributed by atoms with Crippen LogP contribution in [0.25, 0.3) is 0 Å². The summed E-state index contributed by atoms with van der Waals surface area (Å²) in [6.45, 7) is 5.14. The highest BCUT2D eigenvalue weighted by Gasteiger charge is 2.32. The maximum Gasteiger partial charge on any atom is 0.242 e. The Kier molecular flexibility index (Phi) is 5.88. The molecule has 0 radical (unpaired) electrons. The van der Waals surface area contributed by atoms with Gasteiger partial charge in [-0.15, -0.1) is 12.4 Å². The standard InChI is InChI=1S/C12H21N3O2.ClH/c1-2-10-12(17)14-5-6-15(10)11(16)7-9-3-4-13-8-9;/h9-10,13H,2-8H2,1H3,(H,14,17);1H. The Bertz CT molecular complexity index is 306. The summed E-state index contributed by atoms with van der Waals surface area (Å²) < 4.78 is 0. The van der Waals surface area contributed by atoms with Crippen molar-refractivity contribution in [1.82, 2.24) is 15.5 Å². The SMILES string of the molecule is CCC1C(=O)NCCN1C(=O)CC1CCNC1.Cl. The van der Waals surface area contributed by atoms with Gasteiger partial charge in [-0.05, 0) is 31.8 Å². The van der Waals surface area contributed by atoms with Crippen LogP contribution in [-0.2, 0) is 9.59 Å². The fourth-order valence-electron chi connectivity index (χ4n) is 2.67. The van der Waals surface area contributed by atoms with Gasteiger partial charge in [-0.3, -0.25) is 9.59 Å². The van der Waals surface area contributed by atoms with Crippen LogP contribution in [-0.4, -0.2) is 48.9 Å². The highest BCUT2D eigenvalue weighted by Crippen LogP contribution is 2.17. The number of carbonyl (C=O) groups is 2. The Morgan fingerprint density at radius 1 is 1.44 bits per heavy atom. The van der Waals surface area contributed by atoms with Crippen LogP contribution < -0.4 is 10.6 Å². The number of carbonyl (C=O) groups excluding carboxylic acids is 2. The maximum absolute atomic E-state index is 12.2. The van der Waals surface area contributed by atoms with Gasteiger partial charge in [0, 0.05) is 19.5 Å². The van der Waals surface area contributed by atoms with Gasteiger partial charge in [0.2, 0.25) is 11.8 Å². The minimum atomic E-state index is -0.259. The summed E-state index contributed by atoms with van der Waals surface area (Å²) in [6.07, 6.45) is 2.35. The van der Waals surface area contributed by atoms with Crippen molar-refractivity contribution in [1.29, 1.82) is 0 Å². The van der Waals surface area contributed by atoms with Crippen LogP contribution in [0.2, 0.25) is 0 Å². The zero-order chi connectivity index (χ0) is 12.3. The smallest absolute Gasteiger partial charge is 0.242 e. The highest BCUT2D eigenvalue weighted by atomic mass is 35.5. The molecule has 2 aliphatic heterocycles. The number of rotatable bonds is 3. The van der Waals surface area contributed by atoms with E-state index in [0.717, 1.165) is 19.5 Å². The third-order valence-corrected chi connectivity index (χ3v) is 3.66. The zero-order valence-electron chi connectivity index (χ0n) is 10.8. The van der Waals surface area contributed by atoms with E-state index < -0.39 is 0 Å². The molecule has 2 amide bonds. The summed E-state index contributed by atoms with van der Waals surface area (Å²) >= 11 is 0. The van der Waals surface area contributed by atoms with Gasteiger partial charge in [0.15, 0.2) is 0 Å². The van der Waals surface area contributed by atoms with Crippen LogP contribution in [0.5, 0.6) is 0 Å². The molecular formula is C12H22ClN3O2. The second-order valence-electron chi connectivity index (χ2n) is 4.87. The van der Waals surface area contributed by atoms with Crippen molar-refractivity contribution in [3.8, 4) is 0 Å². The van der Waals surface area contributed by atoms with Crippen LogP contribution in [0.4, 0.5) is 0 Å². The van der Waals surface area contributed by atoms with Crippen molar-refractivity contribution in [3.63, 3.8) is 0 Å². The summed E-state index contributed by atoms with van der Waals surface area (Å²) in [5.41, 5.74) is 0. The minimum Gasteiger partial charge on any atom is -0.353 e. The van der Waals surface area contributed by atoms with Crippen molar-refractivity contribution in [3.05, 3.63) is 0 Å². The minimum absolute atomic E-state index is 0. The summed E-state index contributed by atoms with van der Waals surface area (Å²) in [5, 5.41) is 6.08. The van der Waals surface area contributed by atoms with Crippen LogP contribution >= 0.6 is 12.4 Å².